The van der Waals surface area contributed by atoms with E-state index < -0.39 is 36.4 Å². The Morgan fingerprint density at radius 3 is 2.67 bits per heavy atom. The van der Waals surface area contributed by atoms with E-state index in [0.29, 0.717) is 0 Å². The summed E-state index contributed by atoms with van der Waals surface area (Å²) in [6, 6.07) is 0. The monoisotopic (exact) mass is 178 g/mol. The minimum Gasteiger partial charge on any atom is -0.506 e. The van der Waals surface area contributed by atoms with Gasteiger partial charge in [-0.3, -0.25) is 0 Å². The number of carbonyl (C=O) groups excluding carboxylic acids is 1. The van der Waals surface area contributed by atoms with Crippen LogP contribution >= 0.6 is 0 Å². The molecule has 3 N–H and O–H groups in total. The minimum atomic E-state index is -1.69. The first-order chi connectivity index (χ1) is 5.57. The molecule has 2 atom stereocenters. The van der Waals surface area contributed by atoms with Crippen molar-refractivity contribution in [2.45, 2.75) is 12.2 Å². The second-order valence-electron chi connectivity index (χ2n) is 2.27. The Hall–Kier alpha value is -1.14. The Morgan fingerprint density at radius 2 is 2.17 bits per heavy atom. The fourth-order valence-corrected chi connectivity index (χ4v) is 0.801. The molecule has 0 bridgehead atoms. The van der Waals surface area contributed by atoms with E-state index in [4.69, 9.17) is 15.3 Å². The van der Waals surface area contributed by atoms with Crippen molar-refractivity contribution in [1.29, 1.82) is 0 Å². The van der Waals surface area contributed by atoms with Crippen LogP contribution in [0.15, 0.2) is 11.6 Å². The van der Waals surface area contributed by atoms with Gasteiger partial charge in [0.1, 0.15) is 0 Å². The molecule has 12 heavy (non-hydrogen) atoms. The summed E-state index contributed by atoms with van der Waals surface area (Å²) in [5.41, 5.74) is 0. The van der Waals surface area contributed by atoms with Crippen LogP contribution in [0, 0.1) is 0 Å². The van der Waals surface area contributed by atoms with E-state index in [1.807, 2.05) is 0 Å². The molecule has 1 rings (SSSR count). The lowest BCUT2D eigenvalue weighted by Gasteiger charge is -2.24. The number of ether oxygens (including phenoxy) is 1. The van der Waals surface area contributed by atoms with Gasteiger partial charge >= 0.3 is 5.97 Å². The second kappa shape index (κ2) is 3.08. The average Bonchev–Trinajstić information content (AvgIpc) is 2.08. The van der Waals surface area contributed by atoms with Crippen molar-refractivity contribution in [2.75, 3.05) is 6.61 Å². The molecule has 0 aromatic rings. The summed E-state index contributed by atoms with van der Waals surface area (Å²) in [6.45, 7) is -0.676. The van der Waals surface area contributed by atoms with E-state index in [0.717, 1.165) is 0 Å². The van der Waals surface area contributed by atoms with Crippen LogP contribution in [0.3, 0.4) is 0 Å². The van der Waals surface area contributed by atoms with Crippen molar-refractivity contribution < 1.29 is 29.2 Å². The van der Waals surface area contributed by atoms with Crippen LogP contribution in [0.1, 0.15) is 0 Å². The molecule has 0 radical (unpaired) electrons. The highest BCUT2D eigenvalue weighted by Gasteiger charge is 2.36. The molecule has 0 saturated heterocycles. The zero-order valence-corrected chi connectivity index (χ0v) is 5.90. The molecule has 0 saturated carbocycles. The summed E-state index contributed by atoms with van der Waals surface area (Å²) in [6.07, 6.45) is -2.98. The molecule has 0 aromatic carbocycles. The topological polar surface area (TPSA) is 87.0 Å². The maximum atomic E-state index is 12.4. The Balaban J connectivity index is 2.93. The van der Waals surface area contributed by atoms with E-state index in [9.17, 15) is 9.18 Å². The minimum absolute atomic E-state index is 0.676. The van der Waals surface area contributed by atoms with Gasteiger partial charge in [-0.05, 0) is 0 Å². The lowest BCUT2D eigenvalue weighted by molar-refractivity contribution is -0.159. The van der Waals surface area contributed by atoms with E-state index >= 15 is 0 Å². The summed E-state index contributed by atoms with van der Waals surface area (Å²) in [7, 11) is 0. The number of hydrogen-bond acceptors (Lipinski definition) is 5. The van der Waals surface area contributed by atoms with Crippen LogP contribution in [0.2, 0.25) is 0 Å². The van der Waals surface area contributed by atoms with Gasteiger partial charge in [-0.2, -0.15) is 4.39 Å². The standard InChI is InChI=1S/C6H7FO5/c7-3-5(10)4(9)2(1-8)12-6(3)11/h2,4,8-10H,1H2/t2-,4-/m1/s1. The molecule has 0 amide bonds. The highest BCUT2D eigenvalue weighted by atomic mass is 19.1. The maximum absolute atomic E-state index is 12.4. The third-order valence-electron chi connectivity index (χ3n) is 1.47. The Bertz CT molecular complexity index is 236. The Labute approximate surface area is 66.7 Å². The quantitative estimate of drug-likeness (QED) is 0.448. The molecule has 1 aliphatic rings. The van der Waals surface area contributed by atoms with Gasteiger partial charge in [0.25, 0.3) is 0 Å². The molecule has 0 spiro atoms. The van der Waals surface area contributed by atoms with E-state index in [1.165, 1.54) is 0 Å². The SMILES string of the molecule is O=C1O[C@H](CO)[C@@H](O)C(O)=C1F. The van der Waals surface area contributed by atoms with Gasteiger partial charge in [0.15, 0.2) is 18.0 Å². The number of halogens is 1. The maximum Gasteiger partial charge on any atom is 0.371 e. The van der Waals surface area contributed by atoms with Crippen LogP contribution in [0.4, 0.5) is 4.39 Å². The first kappa shape index (κ1) is 8.95. The van der Waals surface area contributed by atoms with Gasteiger partial charge in [-0.15, -0.1) is 0 Å². The molecule has 6 heteroatoms. The van der Waals surface area contributed by atoms with Crippen molar-refractivity contribution >= 4 is 5.97 Å². The molecule has 5 nitrogen and oxygen atoms in total. The fraction of sp³-hybridized carbons (Fsp3) is 0.500. The number of carbonyl (C=O) groups is 1. The highest BCUT2D eigenvalue weighted by Crippen LogP contribution is 2.20. The van der Waals surface area contributed by atoms with Crippen LogP contribution < -0.4 is 0 Å². The molecule has 0 unspecified atom stereocenters. The molecule has 0 fully saturated rings. The smallest absolute Gasteiger partial charge is 0.371 e. The Morgan fingerprint density at radius 1 is 1.58 bits per heavy atom. The van der Waals surface area contributed by atoms with Crippen LogP contribution in [0.25, 0.3) is 0 Å². The van der Waals surface area contributed by atoms with E-state index in [2.05, 4.69) is 4.74 Å². The first-order valence-corrected chi connectivity index (χ1v) is 3.16. The summed E-state index contributed by atoms with van der Waals surface area (Å²) in [5.74, 6) is -3.99. The van der Waals surface area contributed by atoms with Gasteiger partial charge in [0.2, 0.25) is 5.83 Å². The number of cyclic esters (lactones) is 1. The number of aliphatic hydroxyl groups is 3. The molecule has 1 aliphatic heterocycles. The van der Waals surface area contributed by atoms with Gasteiger partial charge < -0.3 is 20.1 Å². The molecule has 0 aliphatic carbocycles. The highest BCUT2D eigenvalue weighted by molar-refractivity contribution is 5.87. The van der Waals surface area contributed by atoms with Gasteiger partial charge in [0.05, 0.1) is 6.61 Å². The van der Waals surface area contributed by atoms with Crippen molar-refractivity contribution in [3.63, 3.8) is 0 Å². The predicted molar refractivity (Wildman–Crippen MR) is 33.7 cm³/mol. The molecular weight excluding hydrogens is 171 g/mol. The largest absolute Gasteiger partial charge is 0.506 e. The zero-order valence-electron chi connectivity index (χ0n) is 5.90. The van der Waals surface area contributed by atoms with Crippen molar-refractivity contribution in [3.05, 3.63) is 11.6 Å². The van der Waals surface area contributed by atoms with E-state index in [-0.39, 0.29) is 0 Å². The van der Waals surface area contributed by atoms with Gasteiger partial charge in [0, 0.05) is 0 Å². The number of esters is 1. The Kier molecular flexibility index (Phi) is 2.30. The lowest BCUT2D eigenvalue weighted by atomic mass is 10.1. The molecule has 0 aromatic heterocycles. The zero-order chi connectivity index (χ0) is 9.30. The normalized spacial score (nSPS) is 30.4. The third kappa shape index (κ3) is 1.26. The van der Waals surface area contributed by atoms with Crippen LogP contribution in [0.5, 0.6) is 0 Å². The van der Waals surface area contributed by atoms with Crippen LogP contribution in [-0.2, 0) is 9.53 Å². The fourth-order valence-electron chi connectivity index (χ4n) is 0.801. The summed E-state index contributed by atoms with van der Waals surface area (Å²) >= 11 is 0. The summed E-state index contributed by atoms with van der Waals surface area (Å²) in [5, 5.41) is 26.2. The second-order valence-corrected chi connectivity index (χ2v) is 2.27. The summed E-state index contributed by atoms with van der Waals surface area (Å²) in [4.78, 5) is 10.5. The van der Waals surface area contributed by atoms with Crippen LogP contribution in [-0.4, -0.2) is 40.1 Å². The van der Waals surface area contributed by atoms with Gasteiger partial charge in [-0.1, -0.05) is 0 Å². The van der Waals surface area contributed by atoms with E-state index in [1.54, 1.807) is 0 Å². The molecular formula is C6H7FO5. The number of hydrogen-bond donors (Lipinski definition) is 3. The van der Waals surface area contributed by atoms with Gasteiger partial charge in [-0.25, -0.2) is 4.79 Å². The molecule has 68 valence electrons. The number of rotatable bonds is 1. The van der Waals surface area contributed by atoms with Crippen molar-refractivity contribution in [1.82, 2.24) is 0 Å². The molecule has 1 heterocycles. The first-order valence-electron chi connectivity index (χ1n) is 3.16. The number of aliphatic hydroxyl groups excluding tert-OH is 3. The third-order valence-corrected chi connectivity index (χ3v) is 1.47. The van der Waals surface area contributed by atoms with Crippen molar-refractivity contribution in [3.8, 4) is 0 Å². The van der Waals surface area contributed by atoms with Crippen molar-refractivity contribution in [2.24, 2.45) is 0 Å². The average molecular weight is 178 g/mol. The summed E-state index contributed by atoms with van der Waals surface area (Å²) < 4.78 is 16.6. The lowest BCUT2D eigenvalue weighted by Crippen LogP contribution is -2.40. The predicted octanol–water partition coefficient (Wildman–Crippen LogP) is -0.996.